The summed E-state index contributed by atoms with van der Waals surface area (Å²) in [5.41, 5.74) is 1.59. The van der Waals surface area contributed by atoms with E-state index in [-0.39, 0.29) is 25.0 Å². The quantitative estimate of drug-likeness (QED) is 0.712. The summed E-state index contributed by atoms with van der Waals surface area (Å²) in [6, 6.07) is 14.6. The number of hydrogen-bond acceptors (Lipinski definition) is 5. The van der Waals surface area contributed by atoms with Crippen molar-refractivity contribution in [3.8, 4) is 5.75 Å². The van der Waals surface area contributed by atoms with Crippen LogP contribution >= 0.6 is 11.3 Å². The number of carbonyl (C=O) groups excluding carboxylic acids is 2. The first-order valence-corrected chi connectivity index (χ1v) is 8.53. The van der Waals surface area contributed by atoms with Crippen LogP contribution in [0.4, 0.5) is 5.69 Å². The fourth-order valence-corrected chi connectivity index (χ4v) is 3.08. The van der Waals surface area contributed by atoms with E-state index in [9.17, 15) is 9.59 Å². The van der Waals surface area contributed by atoms with E-state index in [0.29, 0.717) is 11.4 Å². The molecule has 7 heteroatoms. The standard InChI is InChI=1S/C18H17N3O3S/c1-12-20-15-8-7-13(9-16(15)25-12)21-17(22)10-19-18(23)11-24-14-5-3-2-4-6-14/h2-9H,10-11H2,1H3,(H,19,23)(H,21,22). The molecule has 0 radical (unpaired) electrons. The predicted molar refractivity (Wildman–Crippen MR) is 97.9 cm³/mol. The molecule has 1 aromatic heterocycles. The van der Waals surface area contributed by atoms with Crippen molar-refractivity contribution in [3.05, 3.63) is 53.5 Å². The predicted octanol–water partition coefficient (Wildman–Crippen LogP) is 2.74. The Morgan fingerprint density at radius 1 is 1.12 bits per heavy atom. The molecule has 0 saturated carbocycles. The monoisotopic (exact) mass is 355 g/mol. The SMILES string of the molecule is Cc1nc2ccc(NC(=O)CNC(=O)COc3ccccc3)cc2s1. The molecule has 6 nitrogen and oxygen atoms in total. The molecule has 0 saturated heterocycles. The van der Waals surface area contributed by atoms with E-state index in [0.717, 1.165) is 15.2 Å². The van der Waals surface area contributed by atoms with E-state index in [4.69, 9.17) is 4.74 Å². The van der Waals surface area contributed by atoms with E-state index in [1.807, 2.05) is 37.3 Å². The van der Waals surface area contributed by atoms with Gasteiger partial charge in [-0.25, -0.2) is 4.98 Å². The van der Waals surface area contributed by atoms with Crippen LogP contribution in [0, 0.1) is 6.92 Å². The molecule has 0 unspecified atom stereocenters. The second kappa shape index (κ2) is 7.76. The molecule has 25 heavy (non-hydrogen) atoms. The number of anilines is 1. The fraction of sp³-hybridized carbons (Fsp3) is 0.167. The average Bonchev–Trinajstić information content (AvgIpc) is 2.98. The van der Waals surface area contributed by atoms with Crippen LogP contribution in [0.15, 0.2) is 48.5 Å². The van der Waals surface area contributed by atoms with Gasteiger partial charge in [-0.2, -0.15) is 0 Å². The zero-order valence-corrected chi connectivity index (χ0v) is 14.4. The minimum Gasteiger partial charge on any atom is -0.484 e. The van der Waals surface area contributed by atoms with Gasteiger partial charge in [-0.15, -0.1) is 11.3 Å². The van der Waals surface area contributed by atoms with Gasteiger partial charge in [0.1, 0.15) is 5.75 Å². The van der Waals surface area contributed by atoms with E-state index < -0.39 is 0 Å². The number of para-hydroxylation sites is 1. The van der Waals surface area contributed by atoms with Crippen LogP contribution in [0.3, 0.4) is 0 Å². The molecule has 0 aliphatic carbocycles. The van der Waals surface area contributed by atoms with Crippen LogP contribution < -0.4 is 15.4 Å². The Morgan fingerprint density at radius 2 is 1.92 bits per heavy atom. The van der Waals surface area contributed by atoms with Crippen LogP contribution in [0.2, 0.25) is 0 Å². The van der Waals surface area contributed by atoms with Crippen LogP contribution in [0.25, 0.3) is 10.2 Å². The highest BCUT2D eigenvalue weighted by Gasteiger charge is 2.08. The molecular weight excluding hydrogens is 338 g/mol. The van der Waals surface area contributed by atoms with E-state index in [1.165, 1.54) is 0 Å². The number of hydrogen-bond donors (Lipinski definition) is 2. The summed E-state index contributed by atoms with van der Waals surface area (Å²) in [6.45, 7) is 1.69. The number of benzene rings is 2. The maximum atomic E-state index is 12.0. The van der Waals surface area contributed by atoms with E-state index in [2.05, 4.69) is 15.6 Å². The zero-order valence-electron chi connectivity index (χ0n) is 13.6. The summed E-state index contributed by atoms with van der Waals surface area (Å²) in [4.78, 5) is 28.1. The van der Waals surface area contributed by atoms with Gasteiger partial charge in [-0.3, -0.25) is 9.59 Å². The second-order valence-corrected chi connectivity index (χ2v) is 6.58. The number of amides is 2. The van der Waals surface area contributed by atoms with Crippen molar-refractivity contribution in [2.24, 2.45) is 0 Å². The summed E-state index contributed by atoms with van der Waals surface area (Å²) in [6.07, 6.45) is 0. The maximum absolute atomic E-state index is 12.0. The molecule has 3 rings (SSSR count). The smallest absolute Gasteiger partial charge is 0.258 e. The third kappa shape index (κ3) is 4.77. The number of rotatable bonds is 6. The minimum absolute atomic E-state index is 0.114. The van der Waals surface area contributed by atoms with E-state index in [1.54, 1.807) is 29.5 Å². The average molecular weight is 355 g/mol. The Labute approximate surface area is 148 Å². The van der Waals surface area contributed by atoms with Gasteiger partial charge in [0, 0.05) is 5.69 Å². The molecule has 0 atom stereocenters. The van der Waals surface area contributed by atoms with E-state index >= 15 is 0 Å². The normalized spacial score (nSPS) is 10.4. The summed E-state index contributed by atoms with van der Waals surface area (Å²) in [5.74, 6) is -0.0450. The highest BCUT2D eigenvalue weighted by atomic mass is 32.1. The third-order valence-electron chi connectivity index (χ3n) is 3.34. The lowest BCUT2D eigenvalue weighted by atomic mass is 10.3. The molecule has 1 heterocycles. The van der Waals surface area contributed by atoms with Gasteiger partial charge in [0.2, 0.25) is 5.91 Å². The van der Waals surface area contributed by atoms with Gasteiger partial charge in [0.15, 0.2) is 6.61 Å². The summed E-state index contributed by atoms with van der Waals surface area (Å²) >= 11 is 1.57. The number of thiazole rings is 1. The number of fused-ring (bicyclic) bond motifs is 1. The summed E-state index contributed by atoms with van der Waals surface area (Å²) in [5, 5.41) is 6.26. The topological polar surface area (TPSA) is 80.3 Å². The van der Waals surface area contributed by atoms with Gasteiger partial charge < -0.3 is 15.4 Å². The Bertz CT molecular complexity index is 893. The highest BCUT2D eigenvalue weighted by molar-refractivity contribution is 7.18. The molecule has 2 aromatic carbocycles. The van der Waals surface area contributed by atoms with Gasteiger partial charge >= 0.3 is 0 Å². The van der Waals surface area contributed by atoms with Crippen LogP contribution in [0.5, 0.6) is 5.75 Å². The third-order valence-corrected chi connectivity index (χ3v) is 4.27. The molecule has 0 spiro atoms. The Morgan fingerprint density at radius 3 is 2.72 bits per heavy atom. The van der Waals surface area contributed by atoms with Crippen LogP contribution in [0.1, 0.15) is 5.01 Å². The molecule has 2 amide bonds. The molecule has 2 N–H and O–H groups in total. The van der Waals surface area contributed by atoms with Crippen molar-refractivity contribution < 1.29 is 14.3 Å². The van der Waals surface area contributed by atoms with Crippen LogP contribution in [-0.4, -0.2) is 29.9 Å². The molecular formula is C18H17N3O3S. The summed E-state index contributed by atoms with van der Waals surface area (Å²) < 4.78 is 6.33. The first-order chi connectivity index (χ1) is 12.1. The lowest BCUT2D eigenvalue weighted by Gasteiger charge is -2.08. The van der Waals surface area contributed by atoms with Crippen molar-refractivity contribution in [1.82, 2.24) is 10.3 Å². The number of aryl methyl sites for hydroxylation is 1. The molecule has 0 fully saturated rings. The Balaban J connectivity index is 1.46. The molecule has 3 aromatic rings. The Kier molecular flexibility index (Phi) is 5.25. The van der Waals surface area contributed by atoms with Crippen LogP contribution in [-0.2, 0) is 9.59 Å². The molecule has 0 bridgehead atoms. The largest absolute Gasteiger partial charge is 0.484 e. The van der Waals surface area contributed by atoms with Gasteiger partial charge in [-0.1, -0.05) is 18.2 Å². The second-order valence-electron chi connectivity index (χ2n) is 5.34. The number of aromatic nitrogens is 1. The molecule has 0 aliphatic rings. The summed E-state index contributed by atoms with van der Waals surface area (Å²) in [7, 11) is 0. The highest BCUT2D eigenvalue weighted by Crippen LogP contribution is 2.24. The minimum atomic E-state index is -0.354. The number of nitrogens with zero attached hydrogens (tertiary/aromatic N) is 1. The molecule has 128 valence electrons. The van der Waals surface area contributed by atoms with Gasteiger partial charge in [0.05, 0.1) is 21.8 Å². The van der Waals surface area contributed by atoms with Crippen molar-refractivity contribution in [2.75, 3.05) is 18.5 Å². The maximum Gasteiger partial charge on any atom is 0.258 e. The van der Waals surface area contributed by atoms with Crippen molar-refractivity contribution in [1.29, 1.82) is 0 Å². The first-order valence-electron chi connectivity index (χ1n) is 7.72. The molecule has 0 aliphatic heterocycles. The number of carbonyl (C=O) groups is 2. The number of ether oxygens (including phenoxy) is 1. The van der Waals surface area contributed by atoms with Gasteiger partial charge in [-0.05, 0) is 37.3 Å². The lowest BCUT2D eigenvalue weighted by Crippen LogP contribution is -2.35. The Hall–Kier alpha value is -2.93. The number of nitrogens with one attached hydrogen (secondary N) is 2. The van der Waals surface area contributed by atoms with Gasteiger partial charge in [0.25, 0.3) is 5.91 Å². The lowest BCUT2D eigenvalue weighted by molar-refractivity contribution is -0.125. The van der Waals surface area contributed by atoms with Crippen molar-refractivity contribution in [3.63, 3.8) is 0 Å². The zero-order chi connectivity index (χ0) is 17.6. The fourth-order valence-electron chi connectivity index (χ4n) is 2.22. The van der Waals surface area contributed by atoms with Crippen molar-refractivity contribution in [2.45, 2.75) is 6.92 Å². The van der Waals surface area contributed by atoms with Crippen molar-refractivity contribution >= 4 is 39.1 Å². The first kappa shape index (κ1) is 16.9.